The molecule has 1 aromatic carbocycles. The first-order valence-electron chi connectivity index (χ1n) is 5.41. The SMILES string of the molecule is Nc1nc2cc(F)ccc2n1CCc1ncno1. The largest absolute Gasteiger partial charge is 0.369 e. The van der Waals surface area contributed by atoms with Gasteiger partial charge in [0, 0.05) is 19.0 Å². The summed E-state index contributed by atoms with van der Waals surface area (Å²) in [6.45, 7) is 0.552. The Morgan fingerprint density at radius 1 is 1.39 bits per heavy atom. The summed E-state index contributed by atoms with van der Waals surface area (Å²) in [5.41, 5.74) is 7.13. The normalized spacial score (nSPS) is 11.2. The maximum absolute atomic E-state index is 13.1. The van der Waals surface area contributed by atoms with Crippen LogP contribution in [-0.2, 0) is 13.0 Å². The van der Waals surface area contributed by atoms with E-state index in [0.29, 0.717) is 30.3 Å². The lowest BCUT2D eigenvalue weighted by molar-refractivity contribution is 0.372. The van der Waals surface area contributed by atoms with E-state index in [-0.39, 0.29) is 5.82 Å². The minimum atomic E-state index is -0.330. The Labute approximate surface area is 101 Å². The van der Waals surface area contributed by atoms with Gasteiger partial charge in [-0.15, -0.1) is 0 Å². The van der Waals surface area contributed by atoms with Crippen LogP contribution < -0.4 is 5.73 Å². The third-order valence-electron chi connectivity index (χ3n) is 2.70. The van der Waals surface area contributed by atoms with Crippen LogP contribution in [0.2, 0.25) is 0 Å². The number of benzene rings is 1. The van der Waals surface area contributed by atoms with Crippen molar-refractivity contribution in [1.29, 1.82) is 0 Å². The van der Waals surface area contributed by atoms with Gasteiger partial charge in [-0.1, -0.05) is 5.16 Å². The molecule has 0 amide bonds. The van der Waals surface area contributed by atoms with Crippen molar-refractivity contribution < 1.29 is 8.91 Å². The second kappa shape index (κ2) is 4.10. The Bertz CT molecular complexity index is 676. The summed E-state index contributed by atoms with van der Waals surface area (Å²) in [6.07, 6.45) is 1.90. The highest BCUT2D eigenvalue weighted by atomic mass is 19.1. The van der Waals surface area contributed by atoms with Crippen LogP contribution in [0.15, 0.2) is 29.0 Å². The molecule has 0 aliphatic heterocycles. The van der Waals surface area contributed by atoms with Crippen molar-refractivity contribution in [1.82, 2.24) is 19.7 Å². The molecule has 0 unspecified atom stereocenters. The van der Waals surface area contributed by atoms with Crippen LogP contribution in [0.1, 0.15) is 5.89 Å². The van der Waals surface area contributed by atoms with Crippen LogP contribution in [0.5, 0.6) is 0 Å². The molecule has 2 aromatic heterocycles. The second-order valence-electron chi connectivity index (χ2n) is 3.84. The minimum absolute atomic E-state index is 0.330. The van der Waals surface area contributed by atoms with Crippen molar-refractivity contribution in [3.05, 3.63) is 36.2 Å². The van der Waals surface area contributed by atoms with E-state index in [9.17, 15) is 4.39 Å². The molecule has 92 valence electrons. The van der Waals surface area contributed by atoms with E-state index in [2.05, 4.69) is 15.1 Å². The number of hydrogen-bond acceptors (Lipinski definition) is 5. The van der Waals surface area contributed by atoms with Gasteiger partial charge in [0.05, 0.1) is 11.0 Å². The molecule has 0 spiro atoms. The molecule has 0 radical (unpaired) electrons. The quantitative estimate of drug-likeness (QED) is 0.756. The van der Waals surface area contributed by atoms with Crippen LogP contribution in [0, 0.1) is 5.82 Å². The van der Waals surface area contributed by atoms with E-state index >= 15 is 0 Å². The molecule has 7 heteroatoms. The van der Waals surface area contributed by atoms with Gasteiger partial charge in [0.15, 0.2) is 6.33 Å². The highest BCUT2D eigenvalue weighted by Crippen LogP contribution is 2.19. The first kappa shape index (κ1) is 10.7. The number of nitrogens with two attached hydrogens (primary N) is 1. The lowest BCUT2D eigenvalue weighted by Gasteiger charge is -2.03. The maximum Gasteiger partial charge on any atom is 0.228 e. The highest BCUT2D eigenvalue weighted by molar-refractivity contribution is 5.78. The van der Waals surface area contributed by atoms with E-state index in [0.717, 1.165) is 5.52 Å². The molecule has 3 aromatic rings. The van der Waals surface area contributed by atoms with Gasteiger partial charge >= 0.3 is 0 Å². The second-order valence-corrected chi connectivity index (χ2v) is 3.84. The topological polar surface area (TPSA) is 82.8 Å². The molecular weight excluding hydrogens is 237 g/mol. The minimum Gasteiger partial charge on any atom is -0.369 e. The number of aryl methyl sites for hydroxylation is 2. The third-order valence-corrected chi connectivity index (χ3v) is 2.70. The van der Waals surface area contributed by atoms with E-state index < -0.39 is 0 Å². The summed E-state index contributed by atoms with van der Waals surface area (Å²) in [6, 6.07) is 4.39. The molecular formula is C11H10FN5O. The fourth-order valence-electron chi connectivity index (χ4n) is 1.87. The van der Waals surface area contributed by atoms with Crippen molar-refractivity contribution >= 4 is 17.0 Å². The molecule has 0 saturated heterocycles. The van der Waals surface area contributed by atoms with Gasteiger partial charge in [-0.2, -0.15) is 4.98 Å². The third kappa shape index (κ3) is 1.79. The van der Waals surface area contributed by atoms with Crippen molar-refractivity contribution in [2.45, 2.75) is 13.0 Å². The average Bonchev–Trinajstić information content (AvgIpc) is 2.93. The number of imidazole rings is 1. The summed E-state index contributed by atoms with van der Waals surface area (Å²) >= 11 is 0. The van der Waals surface area contributed by atoms with Crippen molar-refractivity contribution in [3.8, 4) is 0 Å². The number of nitrogens with zero attached hydrogens (tertiary/aromatic N) is 4. The highest BCUT2D eigenvalue weighted by Gasteiger charge is 2.10. The Hall–Kier alpha value is -2.44. The Balaban J connectivity index is 1.93. The molecule has 0 aliphatic rings. The standard InChI is InChI=1S/C11H10FN5O/c12-7-1-2-9-8(5-7)16-11(13)17(9)4-3-10-14-6-15-18-10/h1-2,5-6H,3-4H2,(H2,13,16). The Kier molecular flexibility index (Phi) is 2.44. The lowest BCUT2D eigenvalue weighted by atomic mass is 10.3. The maximum atomic E-state index is 13.1. The molecule has 18 heavy (non-hydrogen) atoms. The fourth-order valence-corrected chi connectivity index (χ4v) is 1.87. The number of halogens is 1. The number of fused-ring (bicyclic) bond motifs is 1. The van der Waals surface area contributed by atoms with Crippen LogP contribution in [0.25, 0.3) is 11.0 Å². The van der Waals surface area contributed by atoms with Gasteiger partial charge < -0.3 is 14.8 Å². The number of nitrogen functional groups attached to an aromatic ring is 1. The average molecular weight is 247 g/mol. The van der Waals surface area contributed by atoms with E-state index in [1.807, 2.05) is 0 Å². The van der Waals surface area contributed by atoms with Gasteiger partial charge in [0.1, 0.15) is 5.82 Å². The fraction of sp³-hybridized carbons (Fsp3) is 0.182. The summed E-state index contributed by atoms with van der Waals surface area (Å²) in [7, 11) is 0. The summed E-state index contributed by atoms with van der Waals surface area (Å²) in [5.74, 6) is 0.539. The lowest BCUT2D eigenvalue weighted by Crippen LogP contribution is -2.05. The number of rotatable bonds is 3. The van der Waals surface area contributed by atoms with Gasteiger partial charge in [0.2, 0.25) is 11.8 Å². The van der Waals surface area contributed by atoms with Gasteiger partial charge in [-0.25, -0.2) is 9.37 Å². The van der Waals surface area contributed by atoms with Crippen LogP contribution in [0.4, 0.5) is 10.3 Å². The predicted molar refractivity (Wildman–Crippen MR) is 62.1 cm³/mol. The van der Waals surface area contributed by atoms with Crippen LogP contribution in [-0.4, -0.2) is 19.7 Å². The predicted octanol–water partition coefficient (Wildman–Crippen LogP) is 1.38. The van der Waals surface area contributed by atoms with Crippen molar-refractivity contribution in [3.63, 3.8) is 0 Å². The van der Waals surface area contributed by atoms with E-state index in [4.69, 9.17) is 10.3 Å². The summed E-state index contributed by atoms with van der Waals surface area (Å²) in [4.78, 5) is 8.04. The van der Waals surface area contributed by atoms with Gasteiger partial charge in [-0.3, -0.25) is 0 Å². The van der Waals surface area contributed by atoms with Gasteiger partial charge in [-0.05, 0) is 12.1 Å². The Morgan fingerprint density at radius 2 is 2.28 bits per heavy atom. The number of hydrogen-bond donors (Lipinski definition) is 1. The zero-order chi connectivity index (χ0) is 12.5. The molecule has 0 bridgehead atoms. The zero-order valence-electron chi connectivity index (χ0n) is 9.38. The molecule has 0 saturated carbocycles. The van der Waals surface area contributed by atoms with Crippen LogP contribution >= 0.6 is 0 Å². The van der Waals surface area contributed by atoms with Crippen LogP contribution in [0.3, 0.4) is 0 Å². The molecule has 2 heterocycles. The van der Waals surface area contributed by atoms with E-state index in [1.165, 1.54) is 18.5 Å². The monoisotopic (exact) mass is 247 g/mol. The number of anilines is 1. The van der Waals surface area contributed by atoms with Gasteiger partial charge in [0.25, 0.3) is 0 Å². The molecule has 3 rings (SSSR count). The molecule has 2 N–H and O–H groups in total. The smallest absolute Gasteiger partial charge is 0.228 e. The summed E-state index contributed by atoms with van der Waals surface area (Å²) < 4.78 is 19.8. The first-order chi connectivity index (χ1) is 8.74. The number of aromatic nitrogens is 4. The molecule has 0 fully saturated rings. The molecule has 0 atom stereocenters. The first-order valence-corrected chi connectivity index (χ1v) is 5.41. The molecule has 0 aliphatic carbocycles. The van der Waals surface area contributed by atoms with E-state index in [1.54, 1.807) is 10.6 Å². The van der Waals surface area contributed by atoms with Crippen molar-refractivity contribution in [2.24, 2.45) is 0 Å². The Morgan fingerprint density at radius 3 is 3.06 bits per heavy atom. The zero-order valence-corrected chi connectivity index (χ0v) is 9.38. The summed E-state index contributed by atoms with van der Waals surface area (Å²) in [5, 5.41) is 3.53. The van der Waals surface area contributed by atoms with Crippen molar-refractivity contribution in [2.75, 3.05) is 5.73 Å². The molecule has 6 nitrogen and oxygen atoms in total.